The molecule has 0 aliphatic rings. The van der Waals surface area contributed by atoms with Crippen molar-refractivity contribution in [2.24, 2.45) is 0 Å². The van der Waals surface area contributed by atoms with E-state index < -0.39 is 5.97 Å². The number of carboxylic acid groups (broad SMARTS) is 1. The zero-order valence-corrected chi connectivity index (χ0v) is 14.8. The average molecular weight is 366 g/mol. The van der Waals surface area contributed by atoms with Gasteiger partial charge in [-0.2, -0.15) is 0 Å². The molecule has 3 aromatic carbocycles. The number of hydrogen-bond donors (Lipinski definition) is 1. The Morgan fingerprint density at radius 2 is 1.11 bits per heavy atom. The topological polar surface area (TPSA) is 74.2 Å². The van der Waals surface area contributed by atoms with Crippen molar-refractivity contribution in [2.75, 3.05) is 14.2 Å². The van der Waals surface area contributed by atoms with Gasteiger partial charge in [-0.25, -0.2) is 4.79 Å². The van der Waals surface area contributed by atoms with E-state index in [1.54, 1.807) is 80.9 Å². The summed E-state index contributed by atoms with van der Waals surface area (Å²) in [5, 5.41) is 9.69. The molecule has 0 bridgehead atoms. The second kappa shape index (κ2) is 8.14. The first-order valence-electron chi connectivity index (χ1n) is 8.11. The number of ether oxygens (including phenoxy) is 4. The molecule has 0 radical (unpaired) electrons. The highest BCUT2D eigenvalue weighted by Gasteiger charge is 2.19. The number of carboxylic acids is 1. The lowest BCUT2D eigenvalue weighted by atomic mass is 10.1. The first-order chi connectivity index (χ1) is 13.1. The molecule has 0 heterocycles. The molecule has 0 amide bonds. The smallest absolute Gasteiger partial charge is 0.343 e. The van der Waals surface area contributed by atoms with Crippen molar-refractivity contribution in [3.05, 3.63) is 72.3 Å². The van der Waals surface area contributed by atoms with E-state index in [0.29, 0.717) is 23.0 Å². The van der Waals surface area contributed by atoms with Crippen LogP contribution in [-0.4, -0.2) is 25.3 Å². The third kappa shape index (κ3) is 4.30. The van der Waals surface area contributed by atoms with E-state index in [9.17, 15) is 9.90 Å². The van der Waals surface area contributed by atoms with Crippen LogP contribution in [0.3, 0.4) is 0 Å². The molecule has 138 valence electrons. The molecule has 3 aromatic rings. The minimum absolute atomic E-state index is 0.0804. The average Bonchev–Trinajstić information content (AvgIpc) is 2.68. The number of hydrogen-bond acceptors (Lipinski definition) is 5. The van der Waals surface area contributed by atoms with Gasteiger partial charge in [0.25, 0.3) is 0 Å². The fourth-order valence-corrected chi connectivity index (χ4v) is 2.48. The summed E-state index contributed by atoms with van der Waals surface area (Å²) >= 11 is 0. The minimum atomic E-state index is -1.16. The molecule has 6 heteroatoms. The van der Waals surface area contributed by atoms with E-state index >= 15 is 0 Å². The standard InChI is InChI=1S/C21H18O6/c1-24-14-6-3-8-16(12-14)26-18-10-5-11-19(20(18)21(22)23)27-17-9-4-7-15(13-17)25-2/h3-13H,1-2H3,(H,22,23). The second-order valence-electron chi connectivity index (χ2n) is 5.50. The Labute approximate surface area is 156 Å². The maximum Gasteiger partial charge on any atom is 0.343 e. The van der Waals surface area contributed by atoms with Gasteiger partial charge in [-0.15, -0.1) is 0 Å². The number of aromatic carboxylic acids is 1. The van der Waals surface area contributed by atoms with Crippen LogP contribution in [0.15, 0.2) is 66.7 Å². The molecule has 1 N–H and O–H groups in total. The number of benzene rings is 3. The Hall–Kier alpha value is -3.67. The van der Waals surface area contributed by atoms with Gasteiger partial charge in [-0.1, -0.05) is 18.2 Å². The van der Waals surface area contributed by atoms with Crippen LogP contribution in [0.5, 0.6) is 34.5 Å². The summed E-state index contributed by atoms with van der Waals surface area (Å²) in [4.78, 5) is 11.9. The normalized spacial score (nSPS) is 10.1. The van der Waals surface area contributed by atoms with E-state index in [4.69, 9.17) is 18.9 Å². The van der Waals surface area contributed by atoms with Crippen molar-refractivity contribution in [2.45, 2.75) is 0 Å². The molecule has 0 atom stereocenters. The highest BCUT2D eigenvalue weighted by Crippen LogP contribution is 2.36. The lowest BCUT2D eigenvalue weighted by Gasteiger charge is -2.14. The molecule has 0 spiro atoms. The van der Waals surface area contributed by atoms with E-state index in [2.05, 4.69) is 0 Å². The molecule has 0 saturated carbocycles. The third-order valence-electron chi connectivity index (χ3n) is 3.74. The van der Waals surface area contributed by atoms with Gasteiger partial charge in [-0.05, 0) is 36.4 Å². The summed E-state index contributed by atoms with van der Waals surface area (Å²) in [6.07, 6.45) is 0. The summed E-state index contributed by atoms with van der Waals surface area (Å²) < 4.78 is 21.9. The SMILES string of the molecule is COc1cccc(Oc2cccc(Oc3cccc(OC)c3)c2C(=O)O)c1. The summed E-state index contributed by atoms with van der Waals surface area (Å²) in [6.45, 7) is 0. The Morgan fingerprint density at radius 1 is 0.704 bits per heavy atom. The molecule has 0 saturated heterocycles. The molecule has 0 fully saturated rings. The lowest BCUT2D eigenvalue weighted by molar-refractivity contribution is 0.0691. The van der Waals surface area contributed by atoms with E-state index in [0.717, 1.165) is 0 Å². The fraction of sp³-hybridized carbons (Fsp3) is 0.0952. The van der Waals surface area contributed by atoms with Crippen molar-refractivity contribution in [3.63, 3.8) is 0 Å². The largest absolute Gasteiger partial charge is 0.497 e. The Kier molecular flexibility index (Phi) is 5.47. The van der Waals surface area contributed by atoms with E-state index in [1.165, 1.54) is 0 Å². The fourth-order valence-electron chi connectivity index (χ4n) is 2.48. The van der Waals surface area contributed by atoms with Crippen LogP contribution in [0.1, 0.15) is 10.4 Å². The predicted molar refractivity (Wildman–Crippen MR) is 99.5 cm³/mol. The van der Waals surface area contributed by atoms with Crippen molar-refractivity contribution < 1.29 is 28.8 Å². The lowest BCUT2D eigenvalue weighted by Crippen LogP contribution is -2.03. The van der Waals surface area contributed by atoms with Gasteiger partial charge < -0.3 is 24.1 Å². The Bertz CT molecular complexity index is 883. The zero-order valence-electron chi connectivity index (χ0n) is 14.8. The summed E-state index contributed by atoms with van der Waals surface area (Å²) in [7, 11) is 3.09. The molecule has 3 rings (SSSR count). The highest BCUT2D eigenvalue weighted by molar-refractivity contribution is 5.94. The van der Waals surface area contributed by atoms with Gasteiger partial charge >= 0.3 is 5.97 Å². The maximum absolute atomic E-state index is 11.9. The summed E-state index contributed by atoms with van der Waals surface area (Å²) in [5.41, 5.74) is -0.0804. The van der Waals surface area contributed by atoms with Crippen molar-refractivity contribution in [1.82, 2.24) is 0 Å². The van der Waals surface area contributed by atoms with Gasteiger partial charge in [0.05, 0.1) is 14.2 Å². The van der Waals surface area contributed by atoms with E-state index in [-0.39, 0.29) is 17.1 Å². The van der Waals surface area contributed by atoms with Crippen LogP contribution in [0.25, 0.3) is 0 Å². The van der Waals surface area contributed by atoms with Crippen molar-refractivity contribution in [1.29, 1.82) is 0 Å². The first-order valence-corrected chi connectivity index (χ1v) is 8.11. The molecule has 0 aromatic heterocycles. The van der Waals surface area contributed by atoms with Gasteiger partial charge in [0.15, 0.2) is 0 Å². The highest BCUT2D eigenvalue weighted by atomic mass is 16.5. The molecule has 0 aliphatic heterocycles. The Balaban J connectivity index is 1.95. The molecule has 6 nitrogen and oxygen atoms in total. The first kappa shape index (κ1) is 18.1. The van der Waals surface area contributed by atoms with Crippen LogP contribution in [0.2, 0.25) is 0 Å². The van der Waals surface area contributed by atoms with Crippen LogP contribution in [0.4, 0.5) is 0 Å². The zero-order chi connectivity index (χ0) is 19.2. The number of carbonyl (C=O) groups is 1. The predicted octanol–water partition coefficient (Wildman–Crippen LogP) is 4.99. The van der Waals surface area contributed by atoms with Crippen molar-refractivity contribution in [3.8, 4) is 34.5 Å². The monoisotopic (exact) mass is 366 g/mol. The van der Waals surface area contributed by atoms with Gasteiger partial charge in [-0.3, -0.25) is 0 Å². The number of methoxy groups -OCH3 is 2. The van der Waals surface area contributed by atoms with Crippen LogP contribution in [0, 0.1) is 0 Å². The Morgan fingerprint density at radius 3 is 1.52 bits per heavy atom. The maximum atomic E-state index is 11.9. The second-order valence-corrected chi connectivity index (χ2v) is 5.50. The third-order valence-corrected chi connectivity index (χ3v) is 3.74. The van der Waals surface area contributed by atoms with Crippen LogP contribution < -0.4 is 18.9 Å². The van der Waals surface area contributed by atoms with Crippen molar-refractivity contribution >= 4 is 5.97 Å². The summed E-state index contributed by atoms with van der Waals surface area (Å²) in [5.74, 6) is 1.28. The van der Waals surface area contributed by atoms with Gasteiger partial charge in [0, 0.05) is 12.1 Å². The quantitative estimate of drug-likeness (QED) is 0.635. The van der Waals surface area contributed by atoms with Gasteiger partial charge in [0.1, 0.15) is 40.1 Å². The van der Waals surface area contributed by atoms with Crippen LogP contribution >= 0.6 is 0 Å². The molecule has 0 unspecified atom stereocenters. The van der Waals surface area contributed by atoms with E-state index in [1.807, 2.05) is 0 Å². The van der Waals surface area contributed by atoms with Crippen LogP contribution in [-0.2, 0) is 0 Å². The molecule has 27 heavy (non-hydrogen) atoms. The summed E-state index contributed by atoms with van der Waals surface area (Å²) in [6, 6.07) is 18.6. The molecular weight excluding hydrogens is 348 g/mol. The molecule has 0 aliphatic carbocycles. The number of rotatable bonds is 7. The minimum Gasteiger partial charge on any atom is -0.497 e. The van der Waals surface area contributed by atoms with Gasteiger partial charge in [0.2, 0.25) is 0 Å². The molecular formula is C21H18O6.